The third kappa shape index (κ3) is 4.65. The fraction of sp³-hybridized carbons (Fsp3) is 0.385. The predicted octanol–water partition coefficient (Wildman–Crippen LogP) is 1.35. The zero-order chi connectivity index (χ0) is 15.8. The number of nitro groups is 1. The van der Waals surface area contributed by atoms with Gasteiger partial charge in [-0.2, -0.15) is 5.26 Å². The summed E-state index contributed by atoms with van der Waals surface area (Å²) >= 11 is 0. The number of methoxy groups -OCH3 is 1. The summed E-state index contributed by atoms with van der Waals surface area (Å²) in [6, 6.07) is 5.96. The number of rotatable bonds is 7. The molecule has 1 rings (SSSR count). The van der Waals surface area contributed by atoms with Crippen molar-refractivity contribution in [3.63, 3.8) is 0 Å². The Balaban J connectivity index is 2.76. The number of carbonyl (C=O) groups is 1. The lowest BCUT2D eigenvalue weighted by atomic mass is 10.3. The fourth-order valence-electron chi connectivity index (χ4n) is 1.48. The molecule has 0 fully saturated rings. The SMILES string of the molecule is COc1ccc([N+](=O)[O-])c(OCC(=O)N(C)CCC#N)c1. The first-order chi connectivity index (χ1) is 9.99. The van der Waals surface area contributed by atoms with Gasteiger partial charge in [0.2, 0.25) is 5.75 Å². The van der Waals surface area contributed by atoms with Crippen LogP contribution in [-0.4, -0.2) is 43.0 Å². The number of likely N-dealkylation sites (N-methyl/N-ethyl adjacent to an activating group) is 1. The van der Waals surface area contributed by atoms with Gasteiger partial charge >= 0.3 is 5.69 Å². The molecule has 0 N–H and O–H groups in total. The number of nitro benzene ring substituents is 1. The van der Waals surface area contributed by atoms with Crippen LogP contribution in [0.1, 0.15) is 6.42 Å². The quantitative estimate of drug-likeness (QED) is 0.555. The van der Waals surface area contributed by atoms with Crippen LogP contribution in [0.2, 0.25) is 0 Å². The minimum absolute atomic E-state index is 0.0404. The third-order valence-electron chi connectivity index (χ3n) is 2.70. The van der Waals surface area contributed by atoms with Crippen molar-refractivity contribution in [1.29, 1.82) is 5.26 Å². The van der Waals surface area contributed by atoms with Crippen molar-refractivity contribution in [2.45, 2.75) is 6.42 Å². The number of hydrogen-bond donors (Lipinski definition) is 0. The molecule has 8 nitrogen and oxygen atoms in total. The van der Waals surface area contributed by atoms with E-state index in [1.54, 1.807) is 0 Å². The Bertz CT molecular complexity index is 567. The highest BCUT2D eigenvalue weighted by Gasteiger charge is 2.18. The highest BCUT2D eigenvalue weighted by Crippen LogP contribution is 2.30. The Morgan fingerprint density at radius 2 is 2.24 bits per heavy atom. The summed E-state index contributed by atoms with van der Waals surface area (Å²) in [6.45, 7) is -0.0746. The van der Waals surface area contributed by atoms with E-state index in [2.05, 4.69) is 0 Å². The standard InChI is InChI=1S/C13H15N3O5/c1-15(7-3-6-14)13(17)9-21-12-8-10(20-2)4-5-11(12)16(18)19/h4-5,8H,3,7,9H2,1-2H3. The molecule has 0 saturated heterocycles. The number of ether oxygens (including phenoxy) is 2. The van der Waals surface area contributed by atoms with Crippen molar-refractivity contribution in [1.82, 2.24) is 4.90 Å². The molecule has 0 saturated carbocycles. The van der Waals surface area contributed by atoms with E-state index in [0.29, 0.717) is 5.75 Å². The van der Waals surface area contributed by atoms with Crippen molar-refractivity contribution in [2.24, 2.45) is 0 Å². The first-order valence-corrected chi connectivity index (χ1v) is 6.05. The number of amides is 1. The highest BCUT2D eigenvalue weighted by atomic mass is 16.6. The van der Waals surface area contributed by atoms with Gasteiger partial charge in [0, 0.05) is 25.7 Å². The van der Waals surface area contributed by atoms with Crippen LogP contribution >= 0.6 is 0 Å². The Labute approximate surface area is 121 Å². The van der Waals surface area contributed by atoms with Gasteiger partial charge in [0.05, 0.1) is 24.5 Å². The zero-order valence-corrected chi connectivity index (χ0v) is 11.7. The summed E-state index contributed by atoms with van der Waals surface area (Å²) in [5.41, 5.74) is -0.247. The summed E-state index contributed by atoms with van der Waals surface area (Å²) in [5.74, 6) is -0.0235. The van der Waals surface area contributed by atoms with Crippen LogP contribution < -0.4 is 9.47 Å². The molecule has 0 bridgehead atoms. The normalized spacial score (nSPS) is 9.57. The summed E-state index contributed by atoms with van der Waals surface area (Å²) in [4.78, 5) is 23.4. The molecule has 0 unspecified atom stereocenters. The number of hydrogen-bond acceptors (Lipinski definition) is 6. The largest absolute Gasteiger partial charge is 0.497 e. The number of benzene rings is 1. The second-order valence-corrected chi connectivity index (χ2v) is 4.10. The molecule has 0 radical (unpaired) electrons. The first kappa shape index (κ1) is 16.2. The van der Waals surface area contributed by atoms with Crippen LogP contribution in [0.3, 0.4) is 0 Å². The third-order valence-corrected chi connectivity index (χ3v) is 2.70. The molecule has 0 spiro atoms. The van der Waals surface area contributed by atoms with Crippen LogP contribution in [0.5, 0.6) is 11.5 Å². The van der Waals surface area contributed by atoms with E-state index in [4.69, 9.17) is 14.7 Å². The lowest BCUT2D eigenvalue weighted by Crippen LogP contribution is -2.32. The maximum Gasteiger partial charge on any atom is 0.311 e. The molecule has 1 aromatic carbocycles. The van der Waals surface area contributed by atoms with Gasteiger partial charge in [-0.3, -0.25) is 14.9 Å². The minimum atomic E-state index is -0.599. The highest BCUT2D eigenvalue weighted by molar-refractivity contribution is 5.77. The monoisotopic (exact) mass is 293 g/mol. The second-order valence-electron chi connectivity index (χ2n) is 4.10. The van der Waals surface area contributed by atoms with Gasteiger partial charge in [-0.25, -0.2) is 0 Å². The van der Waals surface area contributed by atoms with Gasteiger partial charge in [0.1, 0.15) is 5.75 Å². The van der Waals surface area contributed by atoms with Gasteiger partial charge in [0.25, 0.3) is 5.91 Å². The van der Waals surface area contributed by atoms with E-state index in [0.717, 1.165) is 0 Å². The van der Waals surface area contributed by atoms with Crippen LogP contribution in [0.25, 0.3) is 0 Å². The molecule has 21 heavy (non-hydrogen) atoms. The summed E-state index contributed by atoms with van der Waals surface area (Å²) in [7, 11) is 2.95. The molecule has 112 valence electrons. The number of nitriles is 1. The van der Waals surface area contributed by atoms with Gasteiger partial charge in [-0.05, 0) is 6.07 Å². The Morgan fingerprint density at radius 3 is 2.81 bits per heavy atom. The van der Waals surface area contributed by atoms with Gasteiger partial charge in [0.15, 0.2) is 6.61 Å². The average molecular weight is 293 g/mol. The fourth-order valence-corrected chi connectivity index (χ4v) is 1.48. The predicted molar refractivity (Wildman–Crippen MR) is 73.0 cm³/mol. The molecule has 0 heterocycles. The zero-order valence-electron chi connectivity index (χ0n) is 11.7. The van der Waals surface area contributed by atoms with Crippen LogP contribution in [0, 0.1) is 21.4 Å². The van der Waals surface area contributed by atoms with Crippen molar-refractivity contribution < 1.29 is 19.2 Å². The minimum Gasteiger partial charge on any atom is -0.497 e. The van der Waals surface area contributed by atoms with Crippen molar-refractivity contribution >= 4 is 11.6 Å². The maximum atomic E-state index is 11.7. The Hall–Kier alpha value is -2.82. The Kier molecular flexibility index (Phi) is 5.95. The maximum absolute atomic E-state index is 11.7. The van der Waals surface area contributed by atoms with Crippen LogP contribution in [-0.2, 0) is 4.79 Å². The first-order valence-electron chi connectivity index (χ1n) is 6.05. The van der Waals surface area contributed by atoms with Crippen LogP contribution in [0.15, 0.2) is 18.2 Å². The van der Waals surface area contributed by atoms with Crippen molar-refractivity contribution in [2.75, 3.05) is 27.3 Å². The van der Waals surface area contributed by atoms with Crippen molar-refractivity contribution in [3.8, 4) is 17.6 Å². The molecule has 0 aromatic heterocycles. The molecule has 0 aliphatic heterocycles. The van der Waals surface area contributed by atoms with E-state index in [9.17, 15) is 14.9 Å². The van der Waals surface area contributed by atoms with Crippen molar-refractivity contribution in [3.05, 3.63) is 28.3 Å². The molecule has 1 aromatic rings. The molecular weight excluding hydrogens is 278 g/mol. The lowest BCUT2D eigenvalue weighted by Gasteiger charge is -2.15. The van der Waals surface area contributed by atoms with E-state index in [1.807, 2.05) is 6.07 Å². The molecule has 1 amide bonds. The van der Waals surface area contributed by atoms with E-state index in [1.165, 1.54) is 37.3 Å². The smallest absolute Gasteiger partial charge is 0.311 e. The molecule has 0 atom stereocenters. The summed E-state index contributed by atoms with van der Waals surface area (Å²) in [6.07, 6.45) is 0.210. The van der Waals surface area contributed by atoms with Gasteiger partial charge < -0.3 is 14.4 Å². The Morgan fingerprint density at radius 1 is 1.52 bits per heavy atom. The second kappa shape index (κ2) is 7.69. The van der Waals surface area contributed by atoms with E-state index >= 15 is 0 Å². The van der Waals surface area contributed by atoms with E-state index in [-0.39, 0.29) is 36.9 Å². The number of nitrogens with zero attached hydrogens (tertiary/aromatic N) is 3. The molecular formula is C13H15N3O5. The molecule has 8 heteroatoms. The van der Waals surface area contributed by atoms with Crippen LogP contribution in [0.4, 0.5) is 5.69 Å². The van der Waals surface area contributed by atoms with Gasteiger partial charge in [-0.15, -0.1) is 0 Å². The summed E-state index contributed by atoms with van der Waals surface area (Å²) in [5, 5.41) is 19.3. The topological polar surface area (TPSA) is 106 Å². The molecule has 0 aliphatic rings. The lowest BCUT2D eigenvalue weighted by molar-refractivity contribution is -0.385. The van der Waals surface area contributed by atoms with E-state index < -0.39 is 4.92 Å². The average Bonchev–Trinajstić information content (AvgIpc) is 2.49. The molecule has 0 aliphatic carbocycles. The van der Waals surface area contributed by atoms with Gasteiger partial charge in [-0.1, -0.05) is 0 Å². The summed E-state index contributed by atoms with van der Waals surface area (Å²) < 4.78 is 10.2. The number of carbonyl (C=O) groups excluding carboxylic acids is 1.